The number of halogens is 2. The number of thiophene rings is 1. The van der Waals surface area contributed by atoms with Crippen molar-refractivity contribution in [3.63, 3.8) is 0 Å². The number of methoxy groups -OCH3 is 1. The first-order valence-corrected chi connectivity index (χ1v) is 7.82. The van der Waals surface area contributed by atoms with E-state index in [-0.39, 0.29) is 0 Å². The van der Waals surface area contributed by atoms with Crippen LogP contribution in [0.15, 0.2) is 34.8 Å². The highest BCUT2D eigenvalue weighted by Gasteiger charge is 2.06. The second-order valence-electron chi connectivity index (χ2n) is 4.35. The van der Waals surface area contributed by atoms with Gasteiger partial charge >= 0.3 is 0 Å². The van der Waals surface area contributed by atoms with E-state index in [1.165, 1.54) is 10.4 Å². The molecule has 19 heavy (non-hydrogen) atoms. The van der Waals surface area contributed by atoms with Crippen LogP contribution < -0.4 is 4.74 Å². The maximum atomic E-state index is 5.94. The molecule has 0 aliphatic heterocycles. The van der Waals surface area contributed by atoms with Gasteiger partial charge in [-0.2, -0.15) is 0 Å². The topological polar surface area (TPSA) is 12.5 Å². The Balaban J connectivity index is 1.98. The maximum Gasteiger partial charge on any atom is 0.133 e. The highest BCUT2D eigenvalue weighted by Crippen LogP contribution is 2.27. The fourth-order valence-corrected chi connectivity index (χ4v) is 3.63. The molecule has 0 saturated carbocycles. The van der Waals surface area contributed by atoms with Crippen molar-refractivity contribution in [2.75, 3.05) is 14.2 Å². The molecule has 1 heterocycles. The molecule has 5 heteroatoms. The van der Waals surface area contributed by atoms with Gasteiger partial charge in [0.05, 0.1) is 15.9 Å². The van der Waals surface area contributed by atoms with Crippen LogP contribution in [0.4, 0.5) is 0 Å². The monoisotopic (exact) mass is 359 g/mol. The van der Waals surface area contributed by atoms with E-state index >= 15 is 0 Å². The van der Waals surface area contributed by atoms with Crippen molar-refractivity contribution in [2.45, 2.75) is 13.1 Å². The van der Waals surface area contributed by atoms with Crippen LogP contribution in [0.25, 0.3) is 0 Å². The van der Waals surface area contributed by atoms with Crippen LogP contribution in [0, 0.1) is 0 Å². The molecule has 102 valence electrons. The fraction of sp³-hybridized carbons (Fsp3) is 0.286. The molecule has 0 spiro atoms. The van der Waals surface area contributed by atoms with E-state index < -0.39 is 0 Å². The van der Waals surface area contributed by atoms with E-state index in [9.17, 15) is 0 Å². The van der Waals surface area contributed by atoms with Gasteiger partial charge in [0.15, 0.2) is 0 Å². The SMILES string of the molecule is COc1ccc(CN(C)Cc2ccc(Cl)s2)cc1Br. The Kier molecular flexibility index (Phi) is 5.28. The van der Waals surface area contributed by atoms with Gasteiger partial charge in [0.25, 0.3) is 0 Å². The third-order valence-corrected chi connectivity index (χ3v) is 4.56. The van der Waals surface area contributed by atoms with Gasteiger partial charge in [0.1, 0.15) is 5.75 Å². The van der Waals surface area contributed by atoms with Crippen molar-refractivity contribution in [1.82, 2.24) is 4.90 Å². The highest BCUT2D eigenvalue weighted by atomic mass is 79.9. The van der Waals surface area contributed by atoms with Crippen LogP contribution in [-0.4, -0.2) is 19.1 Å². The van der Waals surface area contributed by atoms with Crippen molar-refractivity contribution >= 4 is 38.9 Å². The maximum absolute atomic E-state index is 5.94. The third kappa shape index (κ3) is 4.21. The minimum absolute atomic E-state index is 0.843. The summed E-state index contributed by atoms with van der Waals surface area (Å²) < 4.78 is 7.06. The van der Waals surface area contributed by atoms with Crippen LogP contribution in [0.2, 0.25) is 4.34 Å². The first kappa shape index (κ1) is 14.9. The van der Waals surface area contributed by atoms with Crippen molar-refractivity contribution in [3.8, 4) is 5.75 Å². The zero-order valence-electron chi connectivity index (χ0n) is 10.8. The van der Waals surface area contributed by atoms with E-state index in [2.05, 4.69) is 46.1 Å². The summed E-state index contributed by atoms with van der Waals surface area (Å²) in [5, 5.41) is 0. The van der Waals surface area contributed by atoms with Crippen LogP contribution >= 0.6 is 38.9 Å². The second-order valence-corrected chi connectivity index (χ2v) is 7.00. The summed E-state index contributed by atoms with van der Waals surface area (Å²) in [5.74, 6) is 0.858. The molecule has 2 nitrogen and oxygen atoms in total. The van der Waals surface area contributed by atoms with Crippen molar-refractivity contribution in [3.05, 3.63) is 49.6 Å². The number of ether oxygens (including phenoxy) is 1. The number of hydrogen-bond donors (Lipinski definition) is 0. The average Bonchev–Trinajstić information content (AvgIpc) is 2.74. The van der Waals surface area contributed by atoms with E-state index in [0.29, 0.717) is 0 Å². The van der Waals surface area contributed by atoms with Gasteiger partial charge in [-0.3, -0.25) is 4.90 Å². The predicted molar refractivity (Wildman–Crippen MR) is 85.2 cm³/mol. The third-order valence-electron chi connectivity index (χ3n) is 2.72. The highest BCUT2D eigenvalue weighted by molar-refractivity contribution is 9.10. The largest absolute Gasteiger partial charge is 0.496 e. The minimum Gasteiger partial charge on any atom is -0.496 e. The Morgan fingerprint density at radius 3 is 2.63 bits per heavy atom. The zero-order valence-corrected chi connectivity index (χ0v) is 14.0. The summed E-state index contributed by atoms with van der Waals surface area (Å²) in [7, 11) is 3.78. The van der Waals surface area contributed by atoms with Crippen LogP contribution in [-0.2, 0) is 13.1 Å². The van der Waals surface area contributed by atoms with Crippen LogP contribution in [0.5, 0.6) is 5.75 Å². The lowest BCUT2D eigenvalue weighted by Gasteiger charge is -2.16. The van der Waals surface area contributed by atoms with Crippen molar-refractivity contribution in [1.29, 1.82) is 0 Å². The smallest absolute Gasteiger partial charge is 0.133 e. The summed E-state index contributed by atoms with van der Waals surface area (Å²) in [5.41, 5.74) is 1.25. The van der Waals surface area contributed by atoms with Crippen molar-refractivity contribution in [2.24, 2.45) is 0 Å². The number of nitrogens with zero attached hydrogens (tertiary/aromatic N) is 1. The average molecular weight is 361 g/mol. The summed E-state index contributed by atoms with van der Waals surface area (Å²) in [6.07, 6.45) is 0. The molecule has 0 fully saturated rings. The zero-order chi connectivity index (χ0) is 13.8. The molecule has 0 bridgehead atoms. The van der Waals surface area contributed by atoms with Gasteiger partial charge in [0, 0.05) is 18.0 Å². The Bertz CT molecular complexity index is 558. The van der Waals surface area contributed by atoms with E-state index in [4.69, 9.17) is 16.3 Å². The normalized spacial score (nSPS) is 11.0. The van der Waals surface area contributed by atoms with Gasteiger partial charge in [-0.15, -0.1) is 11.3 Å². The summed E-state index contributed by atoms with van der Waals surface area (Å²) in [6.45, 7) is 1.79. The molecule has 0 aliphatic carbocycles. The van der Waals surface area contributed by atoms with Crippen molar-refractivity contribution < 1.29 is 4.74 Å². The molecular formula is C14H15BrClNOS. The molecule has 0 N–H and O–H groups in total. The number of rotatable bonds is 5. The summed E-state index contributed by atoms with van der Waals surface area (Å²) in [4.78, 5) is 3.54. The Hall–Kier alpha value is -0.550. The number of hydrogen-bond acceptors (Lipinski definition) is 3. The fourth-order valence-electron chi connectivity index (χ4n) is 1.88. The molecule has 0 radical (unpaired) electrons. The van der Waals surface area contributed by atoms with E-state index in [0.717, 1.165) is 27.6 Å². The van der Waals surface area contributed by atoms with Gasteiger partial charge in [-0.1, -0.05) is 17.7 Å². The predicted octanol–water partition coefficient (Wildman–Crippen LogP) is 4.80. The molecule has 0 saturated heterocycles. The van der Waals surface area contributed by atoms with E-state index in [1.807, 2.05) is 12.1 Å². The molecule has 2 rings (SSSR count). The van der Waals surface area contributed by atoms with Gasteiger partial charge in [-0.25, -0.2) is 0 Å². The first-order chi connectivity index (χ1) is 9.08. The molecule has 1 aromatic carbocycles. The van der Waals surface area contributed by atoms with E-state index in [1.54, 1.807) is 18.4 Å². The molecule has 0 amide bonds. The molecule has 0 aliphatic rings. The van der Waals surface area contributed by atoms with Gasteiger partial charge in [-0.05, 0) is 52.8 Å². The van der Waals surface area contributed by atoms with Crippen LogP contribution in [0.3, 0.4) is 0 Å². The summed E-state index contributed by atoms with van der Waals surface area (Å²) in [6, 6.07) is 10.2. The lowest BCUT2D eigenvalue weighted by molar-refractivity contribution is 0.321. The first-order valence-electron chi connectivity index (χ1n) is 5.83. The Morgan fingerprint density at radius 1 is 1.26 bits per heavy atom. The minimum atomic E-state index is 0.843. The molecule has 0 unspecified atom stereocenters. The summed E-state index contributed by atoms with van der Waals surface area (Å²) >= 11 is 11.1. The molecule has 1 aromatic heterocycles. The van der Waals surface area contributed by atoms with Gasteiger partial charge in [0.2, 0.25) is 0 Å². The molecule has 0 atom stereocenters. The Labute approximate surface area is 131 Å². The standard InChI is InChI=1S/C14H15BrClNOS/c1-17(9-11-4-6-14(16)19-11)8-10-3-5-13(18-2)12(15)7-10/h3-7H,8-9H2,1-2H3. The number of benzene rings is 1. The molecular weight excluding hydrogens is 346 g/mol. The lowest BCUT2D eigenvalue weighted by Crippen LogP contribution is -2.16. The van der Waals surface area contributed by atoms with Crippen LogP contribution in [0.1, 0.15) is 10.4 Å². The quantitative estimate of drug-likeness (QED) is 0.759. The Morgan fingerprint density at radius 2 is 2.05 bits per heavy atom. The second kappa shape index (κ2) is 6.75. The molecule has 2 aromatic rings. The van der Waals surface area contributed by atoms with Gasteiger partial charge < -0.3 is 4.74 Å². The lowest BCUT2D eigenvalue weighted by atomic mass is 10.2.